The molecule has 0 aromatic heterocycles. The summed E-state index contributed by atoms with van der Waals surface area (Å²) in [6, 6.07) is 20.2. The number of carbonyl (C=O) groups is 2. The third-order valence-electron chi connectivity index (χ3n) is 6.81. The van der Waals surface area contributed by atoms with Crippen molar-refractivity contribution in [1.82, 2.24) is 10.2 Å². The SMILES string of the molecule is CCC(C(=O)NC(C)C)N(Cc1ccccc1C)C(=O)CN(c1ccc(C)c(C)c1)S(=O)(=O)c1ccccc1. The smallest absolute Gasteiger partial charge is 0.264 e. The van der Waals surface area contributed by atoms with E-state index in [1.807, 2.05) is 71.9 Å². The van der Waals surface area contributed by atoms with Crippen LogP contribution in [-0.4, -0.2) is 43.8 Å². The first-order chi connectivity index (χ1) is 18.4. The number of hydrogen-bond acceptors (Lipinski definition) is 4. The lowest BCUT2D eigenvalue weighted by atomic mass is 10.1. The lowest BCUT2D eigenvalue weighted by molar-refractivity contribution is -0.140. The van der Waals surface area contributed by atoms with Gasteiger partial charge in [0, 0.05) is 12.6 Å². The van der Waals surface area contributed by atoms with Crippen LogP contribution in [0.2, 0.25) is 0 Å². The Morgan fingerprint density at radius 3 is 2.08 bits per heavy atom. The molecule has 39 heavy (non-hydrogen) atoms. The number of amides is 2. The summed E-state index contributed by atoms with van der Waals surface area (Å²) in [5.41, 5.74) is 4.20. The molecule has 2 amide bonds. The average Bonchev–Trinajstić information content (AvgIpc) is 2.89. The molecule has 0 aliphatic rings. The minimum Gasteiger partial charge on any atom is -0.352 e. The van der Waals surface area contributed by atoms with Gasteiger partial charge < -0.3 is 10.2 Å². The Kier molecular flexibility index (Phi) is 9.92. The molecule has 1 atom stereocenters. The van der Waals surface area contributed by atoms with Crippen molar-refractivity contribution in [3.63, 3.8) is 0 Å². The second-order valence-corrected chi connectivity index (χ2v) is 12.0. The molecule has 3 aromatic rings. The lowest BCUT2D eigenvalue weighted by Crippen LogP contribution is -2.53. The zero-order chi connectivity index (χ0) is 28.7. The average molecular weight is 550 g/mol. The summed E-state index contributed by atoms with van der Waals surface area (Å²) < 4.78 is 28.9. The summed E-state index contributed by atoms with van der Waals surface area (Å²) in [7, 11) is -4.08. The van der Waals surface area contributed by atoms with Crippen LogP contribution in [0.15, 0.2) is 77.7 Å². The van der Waals surface area contributed by atoms with E-state index in [1.54, 1.807) is 30.3 Å². The van der Waals surface area contributed by atoms with Crippen LogP contribution in [0, 0.1) is 20.8 Å². The predicted octanol–water partition coefficient (Wildman–Crippen LogP) is 5.14. The number of hydrogen-bond donors (Lipinski definition) is 1. The van der Waals surface area contributed by atoms with E-state index in [2.05, 4.69) is 5.32 Å². The number of sulfonamides is 1. The molecule has 0 spiro atoms. The second-order valence-electron chi connectivity index (χ2n) is 10.1. The maximum absolute atomic E-state index is 14.1. The molecule has 3 rings (SSSR count). The summed E-state index contributed by atoms with van der Waals surface area (Å²) in [4.78, 5) is 28.9. The van der Waals surface area contributed by atoms with Gasteiger partial charge in [-0.3, -0.25) is 13.9 Å². The van der Waals surface area contributed by atoms with Gasteiger partial charge in [-0.15, -0.1) is 0 Å². The fraction of sp³-hybridized carbons (Fsp3) is 0.355. The normalized spacial score (nSPS) is 12.2. The highest BCUT2D eigenvalue weighted by molar-refractivity contribution is 7.92. The molecule has 7 nitrogen and oxygen atoms in total. The van der Waals surface area contributed by atoms with Crippen molar-refractivity contribution in [3.05, 3.63) is 95.1 Å². The molecule has 0 fully saturated rings. The minimum absolute atomic E-state index is 0.0890. The fourth-order valence-corrected chi connectivity index (χ4v) is 5.83. The van der Waals surface area contributed by atoms with Crippen LogP contribution < -0.4 is 9.62 Å². The van der Waals surface area contributed by atoms with E-state index in [-0.39, 0.29) is 23.4 Å². The van der Waals surface area contributed by atoms with Gasteiger partial charge >= 0.3 is 0 Å². The molecule has 0 aliphatic heterocycles. The first kappa shape index (κ1) is 29.9. The van der Waals surface area contributed by atoms with Gasteiger partial charge in [0.2, 0.25) is 11.8 Å². The Morgan fingerprint density at radius 2 is 1.49 bits per heavy atom. The zero-order valence-electron chi connectivity index (χ0n) is 23.6. The molecule has 8 heteroatoms. The Morgan fingerprint density at radius 1 is 0.846 bits per heavy atom. The zero-order valence-corrected chi connectivity index (χ0v) is 24.5. The first-order valence-corrected chi connectivity index (χ1v) is 14.7. The maximum atomic E-state index is 14.1. The van der Waals surface area contributed by atoms with Gasteiger partial charge in [0.1, 0.15) is 12.6 Å². The molecule has 0 aliphatic carbocycles. The summed E-state index contributed by atoms with van der Waals surface area (Å²) in [5.74, 6) is -0.722. The number of anilines is 1. The van der Waals surface area contributed by atoms with Crippen LogP contribution in [-0.2, 0) is 26.2 Å². The third kappa shape index (κ3) is 7.26. The first-order valence-electron chi connectivity index (χ1n) is 13.2. The van der Waals surface area contributed by atoms with Crippen LogP contribution in [0.25, 0.3) is 0 Å². The van der Waals surface area contributed by atoms with E-state index in [4.69, 9.17) is 0 Å². The van der Waals surface area contributed by atoms with Crippen LogP contribution >= 0.6 is 0 Å². The fourth-order valence-electron chi connectivity index (χ4n) is 4.40. The summed E-state index contributed by atoms with van der Waals surface area (Å²) >= 11 is 0. The van der Waals surface area contributed by atoms with E-state index < -0.39 is 28.5 Å². The van der Waals surface area contributed by atoms with Gasteiger partial charge in [-0.05, 0) is 87.6 Å². The standard InChI is InChI=1S/C31H39N3O4S/c1-7-29(31(36)32-22(2)3)33(20-26-14-12-11-13-24(26)5)30(35)21-34(27-18-17-23(4)25(6)19-27)39(37,38)28-15-9-8-10-16-28/h8-19,22,29H,7,20-21H2,1-6H3,(H,32,36). The molecule has 1 N–H and O–H groups in total. The Labute approximate surface area is 232 Å². The Balaban J connectivity index is 2.09. The van der Waals surface area contributed by atoms with Gasteiger partial charge in [-0.25, -0.2) is 8.42 Å². The van der Waals surface area contributed by atoms with E-state index >= 15 is 0 Å². The highest BCUT2D eigenvalue weighted by Gasteiger charge is 2.34. The van der Waals surface area contributed by atoms with Crippen molar-refractivity contribution < 1.29 is 18.0 Å². The van der Waals surface area contributed by atoms with Crippen molar-refractivity contribution in [2.45, 2.75) is 71.5 Å². The van der Waals surface area contributed by atoms with Crippen molar-refractivity contribution in [3.8, 4) is 0 Å². The summed E-state index contributed by atoms with van der Waals surface area (Å²) in [5, 5.41) is 2.92. The third-order valence-corrected chi connectivity index (χ3v) is 8.60. The number of nitrogens with zero attached hydrogens (tertiary/aromatic N) is 2. The van der Waals surface area contributed by atoms with E-state index in [0.717, 1.165) is 26.6 Å². The van der Waals surface area contributed by atoms with Crippen molar-refractivity contribution in [1.29, 1.82) is 0 Å². The van der Waals surface area contributed by atoms with Gasteiger partial charge in [0.25, 0.3) is 10.0 Å². The molecular formula is C31H39N3O4S. The van der Waals surface area contributed by atoms with Gasteiger partial charge in [0.15, 0.2) is 0 Å². The molecule has 208 valence electrons. The molecule has 0 saturated carbocycles. The van der Waals surface area contributed by atoms with Crippen molar-refractivity contribution >= 4 is 27.5 Å². The molecular weight excluding hydrogens is 510 g/mol. The van der Waals surface area contributed by atoms with Crippen LogP contribution in [0.1, 0.15) is 49.4 Å². The number of nitrogens with one attached hydrogen (secondary N) is 1. The number of aryl methyl sites for hydroxylation is 3. The molecule has 0 radical (unpaired) electrons. The predicted molar refractivity (Wildman–Crippen MR) is 156 cm³/mol. The number of rotatable bonds is 11. The molecule has 1 unspecified atom stereocenters. The van der Waals surface area contributed by atoms with E-state index in [1.165, 1.54) is 17.0 Å². The molecule has 0 bridgehead atoms. The van der Waals surface area contributed by atoms with Gasteiger partial charge in [-0.1, -0.05) is 55.5 Å². The van der Waals surface area contributed by atoms with E-state index in [0.29, 0.717) is 12.1 Å². The minimum atomic E-state index is -4.08. The maximum Gasteiger partial charge on any atom is 0.264 e. The van der Waals surface area contributed by atoms with Crippen LogP contribution in [0.3, 0.4) is 0 Å². The second kappa shape index (κ2) is 12.9. The molecule has 3 aromatic carbocycles. The van der Waals surface area contributed by atoms with Crippen LogP contribution in [0.4, 0.5) is 5.69 Å². The summed E-state index contributed by atoms with van der Waals surface area (Å²) in [6.45, 7) is 11.1. The van der Waals surface area contributed by atoms with Gasteiger partial charge in [0.05, 0.1) is 10.6 Å². The number of benzene rings is 3. The largest absolute Gasteiger partial charge is 0.352 e. The van der Waals surface area contributed by atoms with Crippen molar-refractivity contribution in [2.75, 3.05) is 10.8 Å². The Bertz CT molecular complexity index is 1400. The Hall–Kier alpha value is -3.65. The summed E-state index contributed by atoms with van der Waals surface area (Å²) in [6.07, 6.45) is 0.380. The topological polar surface area (TPSA) is 86.8 Å². The van der Waals surface area contributed by atoms with E-state index in [9.17, 15) is 18.0 Å². The highest BCUT2D eigenvalue weighted by Crippen LogP contribution is 2.27. The highest BCUT2D eigenvalue weighted by atomic mass is 32.2. The monoisotopic (exact) mass is 549 g/mol. The molecule has 0 heterocycles. The van der Waals surface area contributed by atoms with Crippen LogP contribution in [0.5, 0.6) is 0 Å². The lowest BCUT2D eigenvalue weighted by Gasteiger charge is -2.34. The molecule has 0 saturated heterocycles. The van der Waals surface area contributed by atoms with Crippen molar-refractivity contribution in [2.24, 2.45) is 0 Å². The van der Waals surface area contributed by atoms with Gasteiger partial charge in [-0.2, -0.15) is 0 Å². The quantitative estimate of drug-likeness (QED) is 0.359. The number of carbonyl (C=O) groups excluding carboxylic acids is 2.